The Balaban J connectivity index is 2.07. The number of nitrogens with one attached hydrogen (secondary N) is 2. The Hall–Kier alpha value is -0.590. The summed E-state index contributed by atoms with van der Waals surface area (Å²) >= 11 is 3.41. The first kappa shape index (κ1) is 14.4. The molecular formula is C14H19BrN2O2S. The Morgan fingerprint density at radius 3 is 2.70 bits per heavy atom. The zero-order valence-corrected chi connectivity index (χ0v) is 14.1. The molecule has 2 aliphatic rings. The summed E-state index contributed by atoms with van der Waals surface area (Å²) in [6.07, 6.45) is 3.77. The second-order valence-electron chi connectivity index (χ2n) is 6.65. The minimum Gasteiger partial charge on any atom is -0.365 e. The van der Waals surface area contributed by atoms with Crippen LogP contribution in [0.5, 0.6) is 0 Å². The fourth-order valence-electron chi connectivity index (χ4n) is 3.49. The van der Waals surface area contributed by atoms with E-state index in [4.69, 9.17) is 0 Å². The van der Waals surface area contributed by atoms with Crippen molar-refractivity contribution in [2.24, 2.45) is 5.41 Å². The van der Waals surface area contributed by atoms with Gasteiger partial charge in [-0.2, -0.15) is 4.72 Å². The van der Waals surface area contributed by atoms with Crippen molar-refractivity contribution in [1.29, 1.82) is 0 Å². The zero-order chi connectivity index (χ0) is 14.6. The lowest BCUT2D eigenvalue weighted by Gasteiger charge is -2.48. The lowest BCUT2D eigenvalue weighted by molar-refractivity contribution is 0.156. The SMILES string of the molecule is CC1(C)CCC[C@@]2(C1)Nc1cc(Br)ccc1S(=O)(=O)N2. The Morgan fingerprint density at radius 1 is 1.25 bits per heavy atom. The highest BCUT2D eigenvalue weighted by Crippen LogP contribution is 2.45. The maximum Gasteiger partial charge on any atom is 0.244 e. The average molecular weight is 359 g/mol. The molecule has 0 unspecified atom stereocenters. The average Bonchev–Trinajstić information content (AvgIpc) is 2.24. The second-order valence-corrected chi connectivity index (χ2v) is 9.21. The molecule has 0 bridgehead atoms. The molecule has 1 heterocycles. The van der Waals surface area contributed by atoms with E-state index in [-0.39, 0.29) is 5.41 Å². The molecule has 1 aromatic rings. The Morgan fingerprint density at radius 2 is 2.00 bits per heavy atom. The Kier molecular flexibility index (Phi) is 3.19. The molecule has 20 heavy (non-hydrogen) atoms. The minimum absolute atomic E-state index is 0.136. The first-order valence-electron chi connectivity index (χ1n) is 6.83. The molecule has 1 aromatic carbocycles. The zero-order valence-electron chi connectivity index (χ0n) is 11.7. The Bertz CT molecular complexity index is 657. The molecule has 1 aliphatic heterocycles. The number of rotatable bonds is 0. The molecule has 0 amide bonds. The van der Waals surface area contributed by atoms with E-state index in [9.17, 15) is 8.42 Å². The van der Waals surface area contributed by atoms with Crippen LogP contribution in [0, 0.1) is 5.41 Å². The van der Waals surface area contributed by atoms with Crippen LogP contribution in [-0.4, -0.2) is 14.1 Å². The summed E-state index contributed by atoms with van der Waals surface area (Å²) < 4.78 is 28.8. The molecule has 1 spiro atoms. The highest BCUT2D eigenvalue weighted by Gasteiger charge is 2.46. The molecule has 4 nitrogen and oxygen atoms in total. The van der Waals surface area contributed by atoms with Crippen molar-refractivity contribution in [3.63, 3.8) is 0 Å². The summed E-state index contributed by atoms with van der Waals surface area (Å²) in [5.41, 5.74) is 0.280. The fraction of sp³-hybridized carbons (Fsp3) is 0.571. The van der Waals surface area contributed by atoms with Crippen molar-refractivity contribution in [1.82, 2.24) is 4.72 Å². The van der Waals surface area contributed by atoms with Crippen LogP contribution in [0.15, 0.2) is 27.6 Å². The van der Waals surface area contributed by atoms with E-state index in [1.807, 2.05) is 6.07 Å². The quantitative estimate of drug-likeness (QED) is 0.746. The molecule has 1 atom stereocenters. The normalized spacial score (nSPS) is 30.6. The number of hydrogen-bond acceptors (Lipinski definition) is 3. The lowest BCUT2D eigenvalue weighted by Crippen LogP contribution is -2.60. The molecule has 0 radical (unpaired) electrons. The summed E-state index contributed by atoms with van der Waals surface area (Å²) in [6.45, 7) is 4.39. The summed E-state index contributed by atoms with van der Waals surface area (Å²) in [5.74, 6) is 0. The molecular weight excluding hydrogens is 340 g/mol. The smallest absolute Gasteiger partial charge is 0.244 e. The predicted octanol–water partition coefficient (Wildman–Crippen LogP) is 3.45. The predicted molar refractivity (Wildman–Crippen MR) is 83.1 cm³/mol. The van der Waals surface area contributed by atoms with Gasteiger partial charge in [0.05, 0.1) is 5.69 Å². The third-order valence-electron chi connectivity index (χ3n) is 4.17. The van der Waals surface area contributed by atoms with Crippen LogP contribution in [-0.2, 0) is 10.0 Å². The van der Waals surface area contributed by atoms with Crippen molar-refractivity contribution >= 4 is 31.6 Å². The summed E-state index contributed by atoms with van der Waals surface area (Å²) in [7, 11) is -3.45. The van der Waals surface area contributed by atoms with Crippen molar-refractivity contribution in [2.75, 3.05) is 5.32 Å². The monoisotopic (exact) mass is 358 g/mol. The van der Waals surface area contributed by atoms with Gasteiger partial charge < -0.3 is 5.32 Å². The van der Waals surface area contributed by atoms with Crippen molar-refractivity contribution < 1.29 is 8.42 Å². The van der Waals surface area contributed by atoms with Crippen LogP contribution in [0.2, 0.25) is 0 Å². The van der Waals surface area contributed by atoms with Crippen LogP contribution in [0.3, 0.4) is 0 Å². The maximum absolute atomic E-state index is 12.5. The van der Waals surface area contributed by atoms with Gasteiger partial charge in [0, 0.05) is 4.47 Å². The van der Waals surface area contributed by atoms with E-state index >= 15 is 0 Å². The largest absolute Gasteiger partial charge is 0.365 e. The van der Waals surface area contributed by atoms with Crippen LogP contribution in [0.25, 0.3) is 0 Å². The molecule has 110 valence electrons. The van der Waals surface area contributed by atoms with Gasteiger partial charge in [-0.05, 0) is 49.3 Å². The topological polar surface area (TPSA) is 58.2 Å². The van der Waals surface area contributed by atoms with Crippen LogP contribution in [0.4, 0.5) is 5.69 Å². The minimum atomic E-state index is -3.45. The molecule has 6 heteroatoms. The van der Waals surface area contributed by atoms with Gasteiger partial charge in [0.1, 0.15) is 10.6 Å². The van der Waals surface area contributed by atoms with Crippen molar-refractivity contribution in [3.8, 4) is 0 Å². The molecule has 1 fully saturated rings. The highest BCUT2D eigenvalue weighted by atomic mass is 79.9. The first-order valence-corrected chi connectivity index (χ1v) is 9.11. The first-order chi connectivity index (χ1) is 9.22. The molecule has 0 saturated heterocycles. The van der Waals surface area contributed by atoms with Crippen LogP contribution in [0.1, 0.15) is 39.5 Å². The van der Waals surface area contributed by atoms with Crippen molar-refractivity contribution in [2.45, 2.75) is 50.1 Å². The van der Waals surface area contributed by atoms with E-state index in [1.54, 1.807) is 12.1 Å². The number of benzene rings is 1. The number of fused-ring (bicyclic) bond motifs is 1. The molecule has 0 aromatic heterocycles. The summed E-state index contributed by atoms with van der Waals surface area (Å²) in [4.78, 5) is 0.328. The van der Waals surface area contributed by atoms with Crippen LogP contribution < -0.4 is 10.0 Å². The number of anilines is 1. The lowest BCUT2D eigenvalue weighted by atomic mass is 9.72. The van der Waals surface area contributed by atoms with E-state index in [2.05, 4.69) is 39.8 Å². The van der Waals surface area contributed by atoms with E-state index in [0.717, 1.165) is 30.2 Å². The molecule has 1 saturated carbocycles. The third-order valence-corrected chi connectivity index (χ3v) is 6.26. The van der Waals surface area contributed by atoms with Gasteiger partial charge in [-0.1, -0.05) is 29.8 Å². The number of halogens is 1. The third kappa shape index (κ3) is 2.49. The summed E-state index contributed by atoms with van der Waals surface area (Å²) in [5, 5.41) is 3.44. The van der Waals surface area contributed by atoms with Gasteiger partial charge in [0.15, 0.2) is 0 Å². The second kappa shape index (κ2) is 4.45. The molecule has 1 aliphatic carbocycles. The van der Waals surface area contributed by atoms with Crippen LogP contribution >= 0.6 is 15.9 Å². The number of sulfonamides is 1. The van der Waals surface area contributed by atoms with Gasteiger partial charge in [-0.15, -0.1) is 0 Å². The standard InChI is InChI=1S/C14H19BrN2O2S/c1-13(2)6-3-7-14(9-13)16-11-8-10(15)4-5-12(11)20(18,19)17-14/h4-5,8,16-17H,3,6-7,9H2,1-2H3/t14-/m1/s1. The highest BCUT2D eigenvalue weighted by molar-refractivity contribution is 9.10. The fourth-order valence-corrected chi connectivity index (χ4v) is 5.34. The van der Waals surface area contributed by atoms with E-state index in [0.29, 0.717) is 10.6 Å². The van der Waals surface area contributed by atoms with E-state index < -0.39 is 15.7 Å². The van der Waals surface area contributed by atoms with Crippen molar-refractivity contribution in [3.05, 3.63) is 22.7 Å². The summed E-state index contributed by atoms with van der Waals surface area (Å²) in [6, 6.07) is 5.23. The van der Waals surface area contributed by atoms with Gasteiger partial charge in [-0.25, -0.2) is 8.42 Å². The molecule has 3 rings (SSSR count). The molecule has 2 N–H and O–H groups in total. The van der Waals surface area contributed by atoms with Gasteiger partial charge in [-0.3, -0.25) is 0 Å². The Labute approximate surface area is 128 Å². The maximum atomic E-state index is 12.5. The van der Waals surface area contributed by atoms with E-state index in [1.165, 1.54) is 0 Å². The number of hydrogen-bond donors (Lipinski definition) is 2. The van der Waals surface area contributed by atoms with Gasteiger partial charge in [0.25, 0.3) is 0 Å². The van der Waals surface area contributed by atoms with Gasteiger partial charge in [0.2, 0.25) is 10.0 Å². The van der Waals surface area contributed by atoms with Gasteiger partial charge >= 0.3 is 0 Å².